The van der Waals surface area contributed by atoms with E-state index in [-0.39, 0.29) is 0 Å². The molecule has 3 N–H and O–H groups in total. The molecule has 132 valence electrons. The number of anilines is 1. The minimum absolute atomic E-state index is 0.296. The van der Waals surface area contributed by atoms with Crippen molar-refractivity contribution in [1.82, 2.24) is 20.2 Å². The largest absolute Gasteiger partial charge is 0.341 e. The maximum Gasteiger partial charge on any atom is 0.228 e. The van der Waals surface area contributed by atoms with Crippen molar-refractivity contribution in [3.63, 3.8) is 0 Å². The molecule has 3 heterocycles. The summed E-state index contributed by atoms with van der Waals surface area (Å²) in [7, 11) is 0. The highest BCUT2D eigenvalue weighted by Crippen LogP contribution is 2.33. The van der Waals surface area contributed by atoms with Gasteiger partial charge in [0.05, 0.1) is 5.39 Å². The smallest absolute Gasteiger partial charge is 0.228 e. The predicted octanol–water partition coefficient (Wildman–Crippen LogP) is 3.09. The van der Waals surface area contributed by atoms with Crippen molar-refractivity contribution >= 4 is 44.5 Å². The van der Waals surface area contributed by atoms with Gasteiger partial charge in [-0.25, -0.2) is 4.98 Å². The van der Waals surface area contributed by atoms with Crippen LogP contribution in [0.4, 0.5) is 5.95 Å². The van der Waals surface area contributed by atoms with Crippen molar-refractivity contribution in [2.24, 2.45) is 5.73 Å². The molecule has 1 aromatic carbocycles. The van der Waals surface area contributed by atoms with E-state index in [9.17, 15) is 5.26 Å². The van der Waals surface area contributed by atoms with Crippen molar-refractivity contribution in [3.8, 4) is 6.07 Å². The van der Waals surface area contributed by atoms with Gasteiger partial charge in [-0.15, -0.1) is 0 Å². The summed E-state index contributed by atoms with van der Waals surface area (Å²) in [6.45, 7) is 1.38. The minimum Gasteiger partial charge on any atom is -0.341 e. The number of H-pyrrole nitrogens is 1. The molecule has 0 spiro atoms. The van der Waals surface area contributed by atoms with E-state index >= 15 is 0 Å². The van der Waals surface area contributed by atoms with Gasteiger partial charge >= 0.3 is 0 Å². The Kier molecular flexibility index (Phi) is 4.31. The zero-order chi connectivity index (χ0) is 18.3. The van der Waals surface area contributed by atoms with Crippen molar-refractivity contribution in [2.75, 3.05) is 18.0 Å². The lowest BCUT2D eigenvalue weighted by Crippen LogP contribution is -2.48. The SMILES string of the molecule is N#Cc1nc(N2CCC(N)(c3cccc(Cl)c3)CC2)nc2[nH]nc(Br)c12. The van der Waals surface area contributed by atoms with E-state index in [1.807, 2.05) is 29.2 Å². The number of nitriles is 1. The van der Waals surface area contributed by atoms with Crippen LogP contribution in [0.15, 0.2) is 28.9 Å². The van der Waals surface area contributed by atoms with E-state index < -0.39 is 5.54 Å². The first kappa shape index (κ1) is 17.2. The highest BCUT2D eigenvalue weighted by Gasteiger charge is 2.33. The van der Waals surface area contributed by atoms with Gasteiger partial charge in [0.2, 0.25) is 5.95 Å². The van der Waals surface area contributed by atoms with Gasteiger partial charge in [0.1, 0.15) is 10.7 Å². The number of nitrogens with two attached hydrogens (primary N) is 1. The second-order valence-corrected chi connectivity index (χ2v) is 7.56. The van der Waals surface area contributed by atoms with Crippen molar-refractivity contribution in [3.05, 3.63) is 45.1 Å². The fraction of sp³-hybridized carbons (Fsp3) is 0.294. The summed E-state index contributed by atoms with van der Waals surface area (Å²) in [6.07, 6.45) is 1.48. The van der Waals surface area contributed by atoms with Crippen LogP contribution in [0.2, 0.25) is 5.02 Å². The van der Waals surface area contributed by atoms with Crippen LogP contribution in [0, 0.1) is 11.3 Å². The molecule has 9 heteroatoms. The molecular weight excluding hydrogens is 418 g/mol. The second-order valence-electron chi connectivity index (χ2n) is 6.38. The van der Waals surface area contributed by atoms with Gasteiger partial charge in [0.15, 0.2) is 11.3 Å². The minimum atomic E-state index is -0.430. The number of rotatable bonds is 2. The van der Waals surface area contributed by atoms with E-state index in [1.165, 1.54) is 0 Å². The number of aromatic amines is 1. The maximum absolute atomic E-state index is 9.41. The molecule has 0 amide bonds. The third-order valence-electron chi connectivity index (χ3n) is 4.81. The summed E-state index contributed by atoms with van der Waals surface area (Å²) < 4.78 is 0.538. The Morgan fingerprint density at radius 2 is 2.08 bits per heavy atom. The van der Waals surface area contributed by atoms with Crippen LogP contribution in [0.3, 0.4) is 0 Å². The van der Waals surface area contributed by atoms with Crippen LogP contribution in [-0.2, 0) is 5.54 Å². The van der Waals surface area contributed by atoms with Crippen LogP contribution in [0.25, 0.3) is 11.0 Å². The molecule has 0 saturated carbocycles. The van der Waals surface area contributed by atoms with Gasteiger partial charge in [0, 0.05) is 23.7 Å². The standard InChI is InChI=1S/C17H15BrClN7/c18-14-13-12(9-20)22-16(23-15(13)25-24-14)26-6-4-17(21,5-7-26)10-2-1-3-11(19)8-10/h1-3,8H,4-7,21H2,(H,22,23,24,25). The zero-order valence-electron chi connectivity index (χ0n) is 13.7. The third-order valence-corrected chi connectivity index (χ3v) is 5.62. The molecule has 0 unspecified atom stereocenters. The monoisotopic (exact) mass is 431 g/mol. The van der Waals surface area contributed by atoms with Crippen LogP contribution in [0.1, 0.15) is 24.1 Å². The number of nitrogens with zero attached hydrogens (tertiary/aromatic N) is 5. The summed E-state index contributed by atoms with van der Waals surface area (Å²) in [4.78, 5) is 11.0. The molecule has 0 radical (unpaired) electrons. The van der Waals surface area contributed by atoms with Gasteiger partial charge in [-0.2, -0.15) is 15.3 Å². The molecule has 4 rings (SSSR count). The lowest BCUT2D eigenvalue weighted by atomic mass is 9.82. The first-order valence-electron chi connectivity index (χ1n) is 8.12. The summed E-state index contributed by atoms with van der Waals surface area (Å²) >= 11 is 9.42. The summed E-state index contributed by atoms with van der Waals surface area (Å²) in [5, 5.41) is 17.6. The highest BCUT2D eigenvalue weighted by atomic mass is 79.9. The Morgan fingerprint density at radius 3 is 2.77 bits per heavy atom. The average molecular weight is 433 g/mol. The van der Waals surface area contributed by atoms with Gasteiger partial charge in [0.25, 0.3) is 0 Å². The van der Waals surface area contributed by atoms with Gasteiger partial charge in [-0.05, 0) is 46.5 Å². The molecule has 1 aliphatic heterocycles. The second kappa shape index (κ2) is 6.50. The summed E-state index contributed by atoms with van der Waals surface area (Å²) in [6, 6.07) is 9.83. The number of piperidine rings is 1. The molecule has 2 aromatic heterocycles. The maximum atomic E-state index is 9.41. The molecule has 0 atom stereocenters. The van der Waals surface area contributed by atoms with Gasteiger partial charge in [-0.1, -0.05) is 23.7 Å². The van der Waals surface area contributed by atoms with Crippen molar-refractivity contribution in [1.29, 1.82) is 5.26 Å². The van der Waals surface area contributed by atoms with Crippen molar-refractivity contribution in [2.45, 2.75) is 18.4 Å². The number of aromatic nitrogens is 4. The number of nitrogens with one attached hydrogen (secondary N) is 1. The number of halogens is 2. The number of fused-ring (bicyclic) bond motifs is 1. The highest BCUT2D eigenvalue weighted by molar-refractivity contribution is 9.10. The molecule has 0 bridgehead atoms. The van der Waals surface area contributed by atoms with E-state index in [4.69, 9.17) is 17.3 Å². The molecule has 0 aliphatic carbocycles. The average Bonchev–Trinajstić information content (AvgIpc) is 3.03. The molecule has 3 aromatic rings. The predicted molar refractivity (Wildman–Crippen MR) is 103 cm³/mol. The fourth-order valence-electron chi connectivity index (χ4n) is 3.30. The fourth-order valence-corrected chi connectivity index (χ4v) is 3.95. The molecular formula is C17H15BrClN7. The zero-order valence-corrected chi connectivity index (χ0v) is 16.0. The number of hydrogen-bond donors (Lipinski definition) is 2. The Hall–Kier alpha value is -2.21. The Morgan fingerprint density at radius 1 is 1.31 bits per heavy atom. The van der Waals surface area contributed by atoms with Crippen LogP contribution in [-0.4, -0.2) is 33.3 Å². The molecule has 1 fully saturated rings. The van der Waals surface area contributed by atoms with E-state index in [1.54, 1.807) is 0 Å². The molecule has 1 aliphatic rings. The van der Waals surface area contributed by atoms with Crippen LogP contribution >= 0.6 is 27.5 Å². The Balaban J connectivity index is 1.60. The van der Waals surface area contributed by atoms with Crippen molar-refractivity contribution < 1.29 is 0 Å². The quantitative estimate of drug-likeness (QED) is 0.644. The van der Waals surface area contributed by atoms with Gasteiger partial charge < -0.3 is 10.6 Å². The van der Waals surface area contributed by atoms with E-state index in [0.29, 0.717) is 45.4 Å². The topological polar surface area (TPSA) is 108 Å². The molecule has 7 nitrogen and oxygen atoms in total. The Bertz CT molecular complexity index is 1020. The van der Waals surface area contributed by atoms with Crippen LogP contribution in [0.5, 0.6) is 0 Å². The summed E-state index contributed by atoms with van der Waals surface area (Å²) in [5.74, 6) is 0.512. The first-order chi connectivity index (χ1) is 12.5. The first-order valence-corrected chi connectivity index (χ1v) is 9.29. The third kappa shape index (κ3) is 2.92. The molecule has 26 heavy (non-hydrogen) atoms. The Labute approximate surface area is 163 Å². The lowest BCUT2D eigenvalue weighted by Gasteiger charge is -2.39. The van der Waals surface area contributed by atoms with Crippen LogP contribution < -0.4 is 10.6 Å². The van der Waals surface area contributed by atoms with E-state index in [2.05, 4.69) is 42.2 Å². The van der Waals surface area contributed by atoms with E-state index in [0.717, 1.165) is 18.4 Å². The lowest BCUT2D eigenvalue weighted by molar-refractivity contribution is 0.340. The molecule has 1 saturated heterocycles. The summed E-state index contributed by atoms with van der Waals surface area (Å²) in [5.41, 5.74) is 8.08. The van der Waals surface area contributed by atoms with Gasteiger partial charge in [-0.3, -0.25) is 5.10 Å². The normalized spacial score (nSPS) is 16.6. The number of hydrogen-bond acceptors (Lipinski definition) is 6. The number of benzene rings is 1.